The summed E-state index contributed by atoms with van der Waals surface area (Å²) in [7, 11) is 0. The van der Waals surface area contributed by atoms with E-state index in [0.29, 0.717) is 30.7 Å². The molecule has 0 saturated carbocycles. The first-order chi connectivity index (χ1) is 11.4. The highest BCUT2D eigenvalue weighted by molar-refractivity contribution is 6.15. The number of hydrogen-bond acceptors (Lipinski definition) is 4. The third-order valence-corrected chi connectivity index (χ3v) is 3.91. The maximum Gasteiger partial charge on any atom is 0.331 e. The molecule has 1 fully saturated rings. The van der Waals surface area contributed by atoms with E-state index < -0.39 is 23.9 Å². The van der Waals surface area contributed by atoms with Gasteiger partial charge in [0.15, 0.2) is 0 Å². The van der Waals surface area contributed by atoms with Crippen LogP contribution in [0.2, 0.25) is 0 Å². The highest BCUT2D eigenvalue weighted by atomic mass is 16.2. The lowest BCUT2D eigenvalue weighted by Gasteiger charge is -2.21. The lowest BCUT2D eigenvalue weighted by Crippen LogP contribution is -2.35. The van der Waals surface area contributed by atoms with Crippen LogP contribution in [0.25, 0.3) is 0 Å². The van der Waals surface area contributed by atoms with Gasteiger partial charge in [0.25, 0.3) is 5.91 Å². The molecule has 0 radical (unpaired) electrons. The van der Waals surface area contributed by atoms with Gasteiger partial charge in [0.2, 0.25) is 11.8 Å². The van der Waals surface area contributed by atoms with E-state index in [0.717, 1.165) is 5.69 Å². The zero-order chi connectivity index (χ0) is 17.7. The molecular formula is C17H21N3O4. The summed E-state index contributed by atoms with van der Waals surface area (Å²) in [5.74, 6) is -1.12. The van der Waals surface area contributed by atoms with Crippen molar-refractivity contribution in [3.05, 3.63) is 30.3 Å². The Balaban J connectivity index is 1.84. The number of nitrogens with zero attached hydrogens (tertiary/aromatic N) is 2. The second-order valence-corrected chi connectivity index (χ2v) is 5.70. The van der Waals surface area contributed by atoms with E-state index in [1.165, 1.54) is 13.8 Å². The van der Waals surface area contributed by atoms with E-state index in [2.05, 4.69) is 5.32 Å². The first-order valence-electron chi connectivity index (χ1n) is 7.90. The Morgan fingerprint density at radius 3 is 2.33 bits per heavy atom. The second-order valence-electron chi connectivity index (χ2n) is 5.70. The number of hydrogen-bond donors (Lipinski definition) is 1. The topological polar surface area (TPSA) is 86.8 Å². The summed E-state index contributed by atoms with van der Waals surface area (Å²) in [6.07, 6.45) is 1.78. The number of benzene rings is 1. The number of anilines is 1. The molecule has 1 saturated heterocycles. The van der Waals surface area contributed by atoms with Crippen molar-refractivity contribution in [3.63, 3.8) is 0 Å². The summed E-state index contributed by atoms with van der Waals surface area (Å²) in [6.45, 7) is 3.23. The number of unbranched alkanes of at least 4 members (excludes halogenated alkanes) is 1. The molecule has 0 bridgehead atoms. The molecule has 24 heavy (non-hydrogen) atoms. The summed E-state index contributed by atoms with van der Waals surface area (Å²) < 4.78 is 0. The average molecular weight is 331 g/mol. The minimum Gasteiger partial charge on any atom is -0.325 e. The maximum atomic E-state index is 12.0. The van der Waals surface area contributed by atoms with Gasteiger partial charge in [-0.25, -0.2) is 4.79 Å². The van der Waals surface area contributed by atoms with Gasteiger partial charge in [-0.2, -0.15) is 4.90 Å². The summed E-state index contributed by atoms with van der Waals surface area (Å²) in [5, 5.41) is 2.51. The summed E-state index contributed by atoms with van der Waals surface area (Å²) >= 11 is 0. The zero-order valence-electron chi connectivity index (χ0n) is 13.8. The van der Waals surface area contributed by atoms with E-state index in [9.17, 15) is 19.2 Å². The van der Waals surface area contributed by atoms with Crippen LogP contribution in [0.15, 0.2) is 30.3 Å². The normalized spacial score (nSPS) is 16.9. The van der Waals surface area contributed by atoms with E-state index in [4.69, 9.17) is 0 Å². The van der Waals surface area contributed by atoms with E-state index in [-0.39, 0.29) is 5.91 Å². The summed E-state index contributed by atoms with van der Waals surface area (Å²) in [5.41, 5.74) is 0.831. The van der Waals surface area contributed by atoms with E-state index >= 15 is 0 Å². The van der Waals surface area contributed by atoms with Crippen molar-refractivity contribution in [2.45, 2.75) is 39.2 Å². The molecule has 1 aliphatic heterocycles. The molecule has 1 heterocycles. The molecule has 1 N–H and O–H groups in total. The fourth-order valence-corrected chi connectivity index (χ4v) is 2.72. The van der Waals surface area contributed by atoms with Crippen LogP contribution in [-0.4, -0.2) is 41.2 Å². The summed E-state index contributed by atoms with van der Waals surface area (Å²) in [4.78, 5) is 48.9. The standard InChI is InChI=1S/C17H21N3O4/c1-12(21)19(14-8-4-3-5-9-14)11-7-6-10-15-16(23)20(13(2)22)17(24)18-15/h3-5,8-9,15H,6-7,10-11H2,1-2H3,(H,18,24)/t15-/m0/s1. The number of nitrogens with one attached hydrogen (secondary N) is 1. The van der Waals surface area contributed by atoms with Crippen LogP contribution in [0.5, 0.6) is 0 Å². The Hall–Kier alpha value is -2.70. The Kier molecular flexibility index (Phi) is 5.68. The Bertz CT molecular complexity index is 644. The van der Waals surface area contributed by atoms with Crippen molar-refractivity contribution < 1.29 is 19.2 Å². The van der Waals surface area contributed by atoms with Crippen LogP contribution in [-0.2, 0) is 14.4 Å². The number of urea groups is 1. The van der Waals surface area contributed by atoms with Crippen LogP contribution < -0.4 is 10.2 Å². The molecule has 0 unspecified atom stereocenters. The molecule has 0 aliphatic carbocycles. The smallest absolute Gasteiger partial charge is 0.325 e. The molecule has 7 nitrogen and oxygen atoms in total. The number of amides is 5. The third-order valence-electron chi connectivity index (χ3n) is 3.91. The number of imide groups is 3. The van der Waals surface area contributed by atoms with Crippen molar-refractivity contribution in [1.82, 2.24) is 10.2 Å². The van der Waals surface area contributed by atoms with Gasteiger partial charge in [0.1, 0.15) is 6.04 Å². The monoisotopic (exact) mass is 331 g/mol. The van der Waals surface area contributed by atoms with E-state index in [1.54, 1.807) is 4.90 Å². The Labute approximate surface area is 140 Å². The fourth-order valence-electron chi connectivity index (χ4n) is 2.72. The van der Waals surface area contributed by atoms with Crippen LogP contribution in [0.1, 0.15) is 33.1 Å². The predicted octanol–water partition coefficient (Wildman–Crippen LogP) is 1.68. The maximum absolute atomic E-state index is 12.0. The van der Waals surface area contributed by atoms with Crippen molar-refractivity contribution in [2.75, 3.05) is 11.4 Å². The highest BCUT2D eigenvalue weighted by Crippen LogP contribution is 2.16. The molecule has 1 aromatic carbocycles. The minimum absolute atomic E-state index is 0.0470. The predicted molar refractivity (Wildman–Crippen MR) is 88.2 cm³/mol. The molecule has 1 atom stereocenters. The van der Waals surface area contributed by atoms with Crippen LogP contribution in [0.3, 0.4) is 0 Å². The van der Waals surface area contributed by atoms with Gasteiger partial charge >= 0.3 is 6.03 Å². The molecular weight excluding hydrogens is 310 g/mol. The van der Waals surface area contributed by atoms with E-state index in [1.807, 2.05) is 30.3 Å². The third kappa shape index (κ3) is 3.98. The van der Waals surface area contributed by atoms with Gasteiger partial charge in [-0.3, -0.25) is 14.4 Å². The molecule has 5 amide bonds. The van der Waals surface area contributed by atoms with Gasteiger partial charge in [0.05, 0.1) is 0 Å². The molecule has 7 heteroatoms. The molecule has 1 aromatic rings. The van der Waals surface area contributed by atoms with Gasteiger partial charge in [0, 0.05) is 26.1 Å². The molecule has 0 spiro atoms. The van der Waals surface area contributed by atoms with Gasteiger partial charge in [-0.1, -0.05) is 18.2 Å². The van der Waals surface area contributed by atoms with Crippen molar-refractivity contribution in [3.8, 4) is 0 Å². The van der Waals surface area contributed by atoms with Crippen LogP contribution in [0, 0.1) is 0 Å². The van der Waals surface area contributed by atoms with Crippen molar-refractivity contribution in [1.29, 1.82) is 0 Å². The fraction of sp³-hybridized carbons (Fsp3) is 0.412. The number of rotatable bonds is 6. The molecule has 2 rings (SSSR count). The zero-order valence-corrected chi connectivity index (χ0v) is 13.8. The van der Waals surface area contributed by atoms with Gasteiger partial charge in [-0.15, -0.1) is 0 Å². The van der Waals surface area contributed by atoms with Gasteiger partial charge < -0.3 is 10.2 Å². The van der Waals surface area contributed by atoms with Crippen molar-refractivity contribution >= 4 is 29.4 Å². The lowest BCUT2D eigenvalue weighted by atomic mass is 10.1. The first-order valence-corrected chi connectivity index (χ1v) is 7.90. The number of carbonyl (C=O) groups excluding carboxylic acids is 4. The van der Waals surface area contributed by atoms with Gasteiger partial charge in [-0.05, 0) is 31.4 Å². The number of carbonyl (C=O) groups is 4. The molecule has 0 aromatic heterocycles. The Morgan fingerprint density at radius 2 is 1.79 bits per heavy atom. The lowest BCUT2D eigenvalue weighted by molar-refractivity contribution is -0.138. The summed E-state index contributed by atoms with van der Waals surface area (Å²) in [6, 6.07) is 8.04. The Morgan fingerprint density at radius 1 is 1.12 bits per heavy atom. The van der Waals surface area contributed by atoms with Crippen molar-refractivity contribution in [2.24, 2.45) is 0 Å². The minimum atomic E-state index is -0.663. The SMILES string of the molecule is CC(=O)N1C(=O)N[C@@H](CCCCN(C(C)=O)c2ccccc2)C1=O. The number of para-hydroxylation sites is 1. The highest BCUT2D eigenvalue weighted by Gasteiger charge is 2.39. The molecule has 128 valence electrons. The molecule has 1 aliphatic rings. The largest absolute Gasteiger partial charge is 0.331 e. The van der Waals surface area contributed by atoms with Crippen LogP contribution >= 0.6 is 0 Å². The quantitative estimate of drug-likeness (QED) is 0.634. The average Bonchev–Trinajstić information content (AvgIpc) is 2.81. The second kappa shape index (κ2) is 7.72. The van der Waals surface area contributed by atoms with Crippen LogP contribution in [0.4, 0.5) is 10.5 Å². The first kappa shape index (κ1) is 17.7.